The van der Waals surface area contributed by atoms with Gasteiger partial charge in [0.2, 0.25) is 0 Å². The van der Waals surface area contributed by atoms with E-state index in [2.05, 4.69) is 4.90 Å². The van der Waals surface area contributed by atoms with Gasteiger partial charge in [0, 0.05) is 12.6 Å². The molecule has 0 aromatic rings. The van der Waals surface area contributed by atoms with Crippen molar-refractivity contribution in [2.24, 2.45) is 0 Å². The molecule has 1 saturated heterocycles. The molecule has 0 bridgehead atoms. The summed E-state index contributed by atoms with van der Waals surface area (Å²) in [5.41, 5.74) is 0. The fraction of sp³-hybridized carbons (Fsp3) is 1.00. The molecule has 0 aromatic carbocycles. The maximum atomic E-state index is 12.1. The minimum atomic E-state index is -4.67. The number of likely N-dealkylation sites (N-methyl/N-ethyl adjacent to an activating group) is 2. The summed E-state index contributed by atoms with van der Waals surface area (Å²) in [6.07, 6.45) is 0.109. The van der Waals surface area contributed by atoms with E-state index in [1.807, 2.05) is 7.05 Å². The Morgan fingerprint density at radius 3 is 2.36 bits per heavy atom. The van der Waals surface area contributed by atoms with Gasteiger partial charge in [0.1, 0.15) is 0 Å². The molecule has 0 aromatic heterocycles. The number of hydrogen-bond acceptors (Lipinski definition) is 2. The molecule has 14 heavy (non-hydrogen) atoms. The second-order valence-electron chi connectivity index (χ2n) is 3.85. The van der Waals surface area contributed by atoms with Crippen molar-refractivity contribution in [2.75, 3.05) is 33.6 Å². The summed E-state index contributed by atoms with van der Waals surface area (Å²) in [7, 11) is 3.49. The minimum absolute atomic E-state index is 0. The van der Waals surface area contributed by atoms with Crippen molar-refractivity contribution in [3.8, 4) is 0 Å². The van der Waals surface area contributed by atoms with Gasteiger partial charge in [-0.05, 0) is 33.5 Å². The maximum absolute atomic E-state index is 12.1. The molecule has 78 valence electrons. The van der Waals surface area contributed by atoms with Crippen LogP contribution in [0.2, 0.25) is 0 Å². The molecule has 0 N–H and O–H groups in total. The van der Waals surface area contributed by atoms with E-state index in [0.717, 1.165) is 19.5 Å². The molecule has 0 saturated carbocycles. The zero-order valence-corrected chi connectivity index (χ0v) is 12.1. The molecule has 1 rings (SSSR count). The quantitative estimate of drug-likeness (QED) is 0.522. The van der Waals surface area contributed by atoms with Crippen molar-refractivity contribution in [3.05, 3.63) is 0 Å². The molecule has 1 heterocycles. The van der Waals surface area contributed by atoms with Gasteiger partial charge in [-0.25, -0.2) is 0 Å². The molecule has 1 aliphatic rings. The molecular weight excluding hydrogens is 219 g/mol. The van der Waals surface area contributed by atoms with Gasteiger partial charge < -0.3 is 22.7 Å². The zero-order chi connectivity index (χ0) is 10.1. The van der Waals surface area contributed by atoms with Crippen molar-refractivity contribution < 1.29 is 64.3 Å². The summed E-state index contributed by atoms with van der Waals surface area (Å²) in [4.78, 5) is 3.48. The molecule has 0 spiro atoms. The maximum Gasteiger partial charge on any atom is 1.00 e. The molecule has 2 nitrogen and oxygen atoms in total. The van der Waals surface area contributed by atoms with Crippen LogP contribution in [0.3, 0.4) is 0 Å². The molecule has 0 radical (unpaired) electrons. The van der Waals surface area contributed by atoms with Gasteiger partial charge in [-0.2, -0.15) is 0 Å². The van der Waals surface area contributed by atoms with Crippen molar-refractivity contribution >= 4 is 6.98 Å². The fourth-order valence-electron chi connectivity index (χ4n) is 1.75. The molecule has 1 aliphatic heterocycles. The Hall–Kier alpha value is 1.41. The first-order chi connectivity index (χ1) is 5.88. The zero-order valence-electron chi connectivity index (χ0n) is 9.01. The molecule has 1 atom stereocenters. The van der Waals surface area contributed by atoms with E-state index in [0.29, 0.717) is 0 Å². The van der Waals surface area contributed by atoms with E-state index in [1.165, 1.54) is 4.90 Å². The van der Waals surface area contributed by atoms with Crippen LogP contribution in [0.4, 0.5) is 12.9 Å². The Balaban J connectivity index is 0.00000169. The van der Waals surface area contributed by atoms with Gasteiger partial charge in [0.15, 0.2) is 0 Å². The SMILES string of the molecule is CN1CCC(N(C)C[B-](F)(F)F)C1.[K+]. The van der Waals surface area contributed by atoms with E-state index in [1.54, 1.807) is 7.05 Å². The summed E-state index contributed by atoms with van der Waals surface area (Å²) in [6, 6.07) is 0.0773. The largest absolute Gasteiger partial charge is 1.00 e. The van der Waals surface area contributed by atoms with Gasteiger partial charge in [-0.3, -0.25) is 0 Å². The first kappa shape index (κ1) is 15.4. The number of hydrogen-bond donors (Lipinski definition) is 0. The molecule has 7 heteroatoms. The number of halogens is 3. The summed E-state index contributed by atoms with van der Waals surface area (Å²) in [6.45, 7) is -3.02. The number of rotatable bonds is 3. The van der Waals surface area contributed by atoms with E-state index >= 15 is 0 Å². The third-order valence-electron chi connectivity index (χ3n) is 2.48. The van der Waals surface area contributed by atoms with Crippen LogP contribution in [0.15, 0.2) is 0 Å². The minimum Gasteiger partial charge on any atom is -0.448 e. The van der Waals surface area contributed by atoms with Crippen LogP contribution in [0.25, 0.3) is 0 Å². The van der Waals surface area contributed by atoms with Crippen LogP contribution in [0.1, 0.15) is 6.42 Å². The van der Waals surface area contributed by atoms with Gasteiger partial charge >= 0.3 is 58.4 Å². The smallest absolute Gasteiger partial charge is 0.448 e. The van der Waals surface area contributed by atoms with E-state index in [-0.39, 0.29) is 57.4 Å². The van der Waals surface area contributed by atoms with Crippen molar-refractivity contribution in [1.82, 2.24) is 9.80 Å². The molecule has 0 amide bonds. The second-order valence-corrected chi connectivity index (χ2v) is 3.85. The normalized spacial score (nSPS) is 24.0. The van der Waals surface area contributed by atoms with Crippen LogP contribution < -0.4 is 51.4 Å². The van der Waals surface area contributed by atoms with E-state index < -0.39 is 13.4 Å². The Morgan fingerprint density at radius 1 is 1.43 bits per heavy atom. The monoisotopic (exact) mass is 234 g/mol. The van der Waals surface area contributed by atoms with Crippen LogP contribution in [0.5, 0.6) is 0 Å². The predicted octanol–water partition coefficient (Wildman–Crippen LogP) is -1.99. The summed E-state index contributed by atoms with van der Waals surface area (Å²) in [5.74, 6) is 0. The predicted molar refractivity (Wildman–Crippen MR) is 47.6 cm³/mol. The summed E-state index contributed by atoms with van der Waals surface area (Å²) < 4.78 is 36.2. The molecule has 1 unspecified atom stereocenters. The first-order valence-electron chi connectivity index (χ1n) is 4.48. The van der Waals surface area contributed by atoms with E-state index in [9.17, 15) is 12.9 Å². The Morgan fingerprint density at radius 2 is 2.00 bits per heavy atom. The van der Waals surface area contributed by atoms with Crippen molar-refractivity contribution in [2.45, 2.75) is 12.5 Å². The van der Waals surface area contributed by atoms with Crippen LogP contribution in [0, 0.1) is 0 Å². The number of likely N-dealkylation sites (tertiary alicyclic amines) is 1. The fourth-order valence-corrected chi connectivity index (χ4v) is 1.75. The van der Waals surface area contributed by atoms with Gasteiger partial charge in [-0.15, -0.1) is 0 Å². The Bertz CT molecular complexity index is 179. The number of nitrogens with zero attached hydrogens (tertiary/aromatic N) is 2. The Kier molecular flexibility index (Phi) is 6.85. The van der Waals surface area contributed by atoms with Crippen LogP contribution in [-0.2, 0) is 0 Å². The van der Waals surface area contributed by atoms with Crippen LogP contribution in [-0.4, -0.2) is 56.4 Å². The standard InChI is InChI=1S/C7H15BF3N2.K/c1-12-4-3-7(5-12)13(2)6-8(9,10)11;/h7H,3-6H2,1-2H3;/q-1;+1. The average molecular weight is 234 g/mol. The molecule has 1 fully saturated rings. The third kappa shape index (κ3) is 5.48. The molecule has 0 aliphatic carbocycles. The van der Waals surface area contributed by atoms with Crippen LogP contribution >= 0.6 is 0 Å². The van der Waals surface area contributed by atoms with Gasteiger partial charge in [0.05, 0.1) is 0 Å². The average Bonchev–Trinajstić information content (AvgIpc) is 2.31. The van der Waals surface area contributed by atoms with Crippen molar-refractivity contribution in [1.29, 1.82) is 0 Å². The van der Waals surface area contributed by atoms with Crippen molar-refractivity contribution in [3.63, 3.8) is 0 Å². The third-order valence-corrected chi connectivity index (χ3v) is 2.48. The summed E-state index contributed by atoms with van der Waals surface area (Å²) in [5, 5.41) is 0. The first-order valence-corrected chi connectivity index (χ1v) is 4.48. The Labute approximate surface area is 126 Å². The van der Waals surface area contributed by atoms with Gasteiger partial charge in [-0.1, -0.05) is 0 Å². The second kappa shape index (κ2) is 6.22. The summed E-state index contributed by atoms with van der Waals surface area (Å²) >= 11 is 0. The molecular formula is C7H15BF3KN2. The van der Waals surface area contributed by atoms with E-state index in [4.69, 9.17) is 0 Å². The topological polar surface area (TPSA) is 6.48 Å². The van der Waals surface area contributed by atoms with Gasteiger partial charge in [0.25, 0.3) is 0 Å².